The number of hydrogen-bond donors (Lipinski definition) is 0. The van der Waals surface area contributed by atoms with Crippen LogP contribution in [0.2, 0.25) is 0 Å². The van der Waals surface area contributed by atoms with Crippen molar-refractivity contribution in [3.63, 3.8) is 0 Å². The molecule has 0 atom stereocenters. The average Bonchev–Trinajstić information content (AvgIpc) is 3.04. The van der Waals surface area contributed by atoms with E-state index in [4.69, 9.17) is 9.26 Å². The number of ether oxygens (including phenoxy) is 1. The van der Waals surface area contributed by atoms with Gasteiger partial charge in [0.15, 0.2) is 5.58 Å². The third kappa shape index (κ3) is 3.25. The van der Waals surface area contributed by atoms with Crippen molar-refractivity contribution in [3.8, 4) is 5.88 Å². The van der Waals surface area contributed by atoms with Crippen molar-refractivity contribution < 1.29 is 13.7 Å². The zero-order valence-corrected chi connectivity index (χ0v) is 13.9. The molecular weight excluding hydrogens is 325 g/mol. The molecule has 25 heavy (non-hydrogen) atoms. The number of aromatic nitrogens is 3. The molecule has 2 aromatic heterocycles. The highest BCUT2D eigenvalue weighted by molar-refractivity contribution is 5.79. The number of anilines is 1. The summed E-state index contributed by atoms with van der Waals surface area (Å²) in [4.78, 5) is 13.1. The monoisotopic (exact) mass is 343 g/mol. The van der Waals surface area contributed by atoms with Crippen LogP contribution in [0, 0.1) is 5.82 Å². The Morgan fingerprint density at radius 1 is 1.20 bits per heavy atom. The molecule has 0 unspecified atom stereocenters. The van der Waals surface area contributed by atoms with E-state index in [0.717, 1.165) is 37.3 Å². The number of fused-ring (bicyclic) bond motifs is 1. The van der Waals surface area contributed by atoms with E-state index in [1.54, 1.807) is 25.4 Å². The van der Waals surface area contributed by atoms with Gasteiger partial charge in [-0.05, 0) is 12.1 Å². The van der Waals surface area contributed by atoms with Crippen LogP contribution in [-0.2, 0) is 6.54 Å². The summed E-state index contributed by atoms with van der Waals surface area (Å²) in [6.45, 7) is 4.02. The van der Waals surface area contributed by atoms with E-state index in [1.165, 1.54) is 12.1 Å². The van der Waals surface area contributed by atoms with Crippen LogP contribution in [0.15, 0.2) is 35.0 Å². The summed E-state index contributed by atoms with van der Waals surface area (Å²) >= 11 is 0. The standard InChI is InChI=1S/C17H18FN5O2/c1-24-16-4-5-19-17(20-16)23-8-6-22(7-9-23)11-14-13-3-2-12(18)10-15(13)25-21-14/h2-5,10H,6-9,11H2,1H3. The van der Waals surface area contributed by atoms with Crippen LogP contribution in [-0.4, -0.2) is 53.3 Å². The molecule has 130 valence electrons. The van der Waals surface area contributed by atoms with Gasteiger partial charge in [-0.3, -0.25) is 4.90 Å². The Balaban J connectivity index is 1.41. The Hall–Kier alpha value is -2.74. The number of piperazine rings is 1. The molecule has 3 aromatic rings. The Kier molecular flexibility index (Phi) is 4.19. The number of rotatable bonds is 4. The van der Waals surface area contributed by atoms with Crippen LogP contribution >= 0.6 is 0 Å². The molecule has 7 nitrogen and oxygen atoms in total. The molecule has 1 aliphatic heterocycles. The second-order valence-corrected chi connectivity index (χ2v) is 5.93. The summed E-state index contributed by atoms with van der Waals surface area (Å²) in [6, 6.07) is 6.25. The van der Waals surface area contributed by atoms with Crippen molar-refractivity contribution in [2.24, 2.45) is 0 Å². The molecule has 1 aromatic carbocycles. The zero-order chi connectivity index (χ0) is 17.2. The summed E-state index contributed by atoms with van der Waals surface area (Å²) < 4.78 is 23.6. The van der Waals surface area contributed by atoms with Crippen LogP contribution in [0.1, 0.15) is 5.69 Å². The molecule has 1 aliphatic rings. The first-order valence-corrected chi connectivity index (χ1v) is 8.11. The Bertz CT molecular complexity index is 876. The van der Waals surface area contributed by atoms with Gasteiger partial charge in [0, 0.05) is 56.4 Å². The molecule has 1 fully saturated rings. The minimum absolute atomic E-state index is 0.317. The van der Waals surface area contributed by atoms with Gasteiger partial charge in [-0.1, -0.05) is 5.16 Å². The summed E-state index contributed by atoms with van der Waals surface area (Å²) in [7, 11) is 1.60. The second kappa shape index (κ2) is 6.64. The highest BCUT2D eigenvalue weighted by Gasteiger charge is 2.21. The summed E-state index contributed by atoms with van der Waals surface area (Å²) in [6.07, 6.45) is 1.70. The van der Waals surface area contributed by atoms with E-state index in [-0.39, 0.29) is 5.82 Å². The van der Waals surface area contributed by atoms with E-state index < -0.39 is 0 Å². The largest absolute Gasteiger partial charge is 0.481 e. The molecule has 0 saturated carbocycles. The predicted octanol–water partition coefficient (Wildman–Crippen LogP) is 2.09. The first-order valence-electron chi connectivity index (χ1n) is 8.11. The summed E-state index contributed by atoms with van der Waals surface area (Å²) in [5, 5.41) is 4.95. The van der Waals surface area contributed by atoms with Gasteiger partial charge in [0.25, 0.3) is 0 Å². The van der Waals surface area contributed by atoms with Gasteiger partial charge in [-0.25, -0.2) is 9.37 Å². The Morgan fingerprint density at radius 3 is 2.84 bits per heavy atom. The van der Waals surface area contributed by atoms with Crippen LogP contribution < -0.4 is 9.64 Å². The van der Waals surface area contributed by atoms with Crippen molar-refractivity contribution >= 4 is 16.9 Å². The number of halogens is 1. The third-order valence-corrected chi connectivity index (χ3v) is 4.36. The molecule has 3 heterocycles. The minimum atomic E-state index is -0.317. The lowest BCUT2D eigenvalue weighted by Gasteiger charge is -2.34. The van der Waals surface area contributed by atoms with Gasteiger partial charge in [-0.15, -0.1) is 0 Å². The van der Waals surface area contributed by atoms with Gasteiger partial charge < -0.3 is 14.2 Å². The maximum absolute atomic E-state index is 13.2. The molecule has 1 saturated heterocycles. The smallest absolute Gasteiger partial charge is 0.228 e. The third-order valence-electron chi connectivity index (χ3n) is 4.36. The van der Waals surface area contributed by atoms with Crippen LogP contribution in [0.4, 0.5) is 10.3 Å². The average molecular weight is 343 g/mol. The number of nitrogens with zero attached hydrogens (tertiary/aromatic N) is 5. The zero-order valence-electron chi connectivity index (χ0n) is 13.9. The van der Waals surface area contributed by atoms with Gasteiger partial charge >= 0.3 is 0 Å². The van der Waals surface area contributed by atoms with Crippen LogP contribution in [0.5, 0.6) is 5.88 Å². The molecule has 8 heteroatoms. The minimum Gasteiger partial charge on any atom is -0.481 e. The predicted molar refractivity (Wildman–Crippen MR) is 90.0 cm³/mol. The van der Waals surface area contributed by atoms with Gasteiger partial charge in [0.1, 0.15) is 11.5 Å². The number of hydrogen-bond acceptors (Lipinski definition) is 7. The van der Waals surface area contributed by atoms with Crippen molar-refractivity contribution in [2.45, 2.75) is 6.54 Å². The molecule has 0 bridgehead atoms. The maximum atomic E-state index is 13.2. The topological polar surface area (TPSA) is 67.5 Å². The molecule has 4 rings (SSSR count). The van der Waals surface area contributed by atoms with Crippen molar-refractivity contribution in [1.82, 2.24) is 20.0 Å². The molecule has 0 N–H and O–H groups in total. The van der Waals surface area contributed by atoms with E-state index in [1.807, 2.05) is 0 Å². The van der Waals surface area contributed by atoms with Crippen molar-refractivity contribution in [1.29, 1.82) is 0 Å². The highest BCUT2D eigenvalue weighted by Crippen LogP contribution is 2.22. The lowest BCUT2D eigenvalue weighted by Crippen LogP contribution is -2.46. The molecular formula is C17H18FN5O2. The highest BCUT2D eigenvalue weighted by atomic mass is 19.1. The van der Waals surface area contributed by atoms with Gasteiger partial charge in [0.2, 0.25) is 11.8 Å². The second-order valence-electron chi connectivity index (χ2n) is 5.93. The summed E-state index contributed by atoms with van der Waals surface area (Å²) in [5.41, 5.74) is 1.32. The first kappa shape index (κ1) is 15.8. The lowest BCUT2D eigenvalue weighted by molar-refractivity contribution is 0.242. The van der Waals surface area contributed by atoms with Crippen LogP contribution in [0.3, 0.4) is 0 Å². The van der Waals surface area contributed by atoms with Crippen molar-refractivity contribution in [2.75, 3.05) is 38.2 Å². The van der Waals surface area contributed by atoms with Gasteiger partial charge in [-0.2, -0.15) is 4.98 Å². The lowest BCUT2D eigenvalue weighted by atomic mass is 10.2. The van der Waals surface area contributed by atoms with Crippen LogP contribution in [0.25, 0.3) is 11.0 Å². The van der Waals surface area contributed by atoms with E-state index >= 15 is 0 Å². The fraction of sp³-hybridized carbons (Fsp3) is 0.353. The SMILES string of the molecule is COc1ccnc(N2CCN(Cc3noc4cc(F)ccc34)CC2)n1. The van der Waals surface area contributed by atoms with E-state index in [2.05, 4.69) is 24.9 Å². The Labute approximate surface area is 144 Å². The maximum Gasteiger partial charge on any atom is 0.228 e. The normalized spacial score (nSPS) is 15.7. The summed E-state index contributed by atoms with van der Waals surface area (Å²) in [5.74, 6) is 0.928. The van der Waals surface area contributed by atoms with Crippen molar-refractivity contribution in [3.05, 3.63) is 42.0 Å². The molecule has 0 spiro atoms. The van der Waals surface area contributed by atoms with E-state index in [9.17, 15) is 4.39 Å². The van der Waals surface area contributed by atoms with Gasteiger partial charge in [0.05, 0.1) is 7.11 Å². The number of benzene rings is 1. The number of methoxy groups -OCH3 is 1. The molecule has 0 radical (unpaired) electrons. The fourth-order valence-corrected chi connectivity index (χ4v) is 2.99. The quantitative estimate of drug-likeness (QED) is 0.718. The Morgan fingerprint density at radius 2 is 2.04 bits per heavy atom. The molecule has 0 aliphatic carbocycles. The molecule has 0 amide bonds. The van der Waals surface area contributed by atoms with E-state index in [0.29, 0.717) is 24.0 Å². The first-order chi connectivity index (χ1) is 12.2. The fourth-order valence-electron chi connectivity index (χ4n) is 2.99.